The molecule has 1 saturated carbocycles. The van der Waals surface area contributed by atoms with E-state index in [1.54, 1.807) is 6.20 Å². The molecular formula is C30H33ClF2N6O2. The number of halogens is 3. The van der Waals surface area contributed by atoms with E-state index in [4.69, 9.17) is 21.3 Å². The van der Waals surface area contributed by atoms with Gasteiger partial charge in [-0.15, -0.1) is 0 Å². The van der Waals surface area contributed by atoms with Crippen LogP contribution in [0.2, 0.25) is 5.02 Å². The van der Waals surface area contributed by atoms with Crippen LogP contribution in [0.15, 0.2) is 18.3 Å². The van der Waals surface area contributed by atoms with Crippen LogP contribution in [0.25, 0.3) is 22.2 Å². The molecule has 2 N–H and O–H groups in total. The quantitative estimate of drug-likeness (QED) is 0.428. The van der Waals surface area contributed by atoms with Crippen LogP contribution < -0.4 is 15.0 Å². The van der Waals surface area contributed by atoms with E-state index in [0.717, 1.165) is 50.9 Å². The third-order valence-corrected chi connectivity index (χ3v) is 10.4. The lowest BCUT2D eigenvalue weighted by atomic mass is 9.95. The Morgan fingerprint density at radius 1 is 1.24 bits per heavy atom. The number of aromatic hydroxyl groups is 1. The van der Waals surface area contributed by atoms with Crippen molar-refractivity contribution in [2.45, 2.75) is 68.7 Å². The number of hydrogen-bond acceptors (Lipinski definition) is 8. The molecule has 41 heavy (non-hydrogen) atoms. The largest absolute Gasteiger partial charge is 0.508 e. The number of aromatic nitrogens is 3. The highest BCUT2D eigenvalue weighted by Crippen LogP contribution is 2.53. The molecule has 6 heterocycles. The normalized spacial score (nSPS) is 32.3. The van der Waals surface area contributed by atoms with E-state index in [0.29, 0.717) is 46.7 Å². The second-order valence-electron chi connectivity index (χ2n) is 12.7. The molecule has 11 heteroatoms. The Morgan fingerprint density at radius 2 is 2.10 bits per heavy atom. The van der Waals surface area contributed by atoms with Crippen LogP contribution in [0.5, 0.6) is 11.8 Å². The SMILES string of the molecule is C[C@@H]1C[C@H]1c1c(Cl)cc(O)cc1-c1ncc2c(N3C[C@H]4C[C@@H]3CN4)nc(OC[C@@]34CCCN3C[C@H](F)C4)nc2c1F. The molecular weight excluding hydrogens is 550 g/mol. The number of nitrogens with zero attached hydrogens (tertiary/aromatic N) is 5. The number of nitrogens with one attached hydrogen (secondary N) is 1. The number of phenols is 1. The predicted molar refractivity (Wildman–Crippen MR) is 152 cm³/mol. The Morgan fingerprint density at radius 3 is 2.85 bits per heavy atom. The van der Waals surface area contributed by atoms with Gasteiger partial charge < -0.3 is 20.1 Å². The third kappa shape index (κ3) is 4.16. The summed E-state index contributed by atoms with van der Waals surface area (Å²) in [6, 6.07) is 3.73. The lowest BCUT2D eigenvalue weighted by molar-refractivity contribution is 0.107. The Bertz CT molecular complexity index is 1560. The minimum atomic E-state index is -0.872. The summed E-state index contributed by atoms with van der Waals surface area (Å²) in [5.41, 5.74) is 1.14. The maximum atomic E-state index is 16.6. The summed E-state index contributed by atoms with van der Waals surface area (Å²) in [7, 11) is 0. The van der Waals surface area contributed by atoms with Crippen molar-refractivity contribution in [1.82, 2.24) is 25.2 Å². The average Bonchev–Trinajstić information content (AvgIpc) is 3.36. The third-order valence-electron chi connectivity index (χ3n) is 10.1. The summed E-state index contributed by atoms with van der Waals surface area (Å²) >= 11 is 6.59. The van der Waals surface area contributed by atoms with E-state index in [1.807, 2.05) is 0 Å². The van der Waals surface area contributed by atoms with E-state index in [-0.39, 0.29) is 47.1 Å². The van der Waals surface area contributed by atoms with E-state index in [2.05, 4.69) is 32.0 Å². The van der Waals surface area contributed by atoms with Gasteiger partial charge in [0, 0.05) is 54.9 Å². The van der Waals surface area contributed by atoms with Crippen LogP contribution in [0.3, 0.4) is 0 Å². The number of anilines is 1. The van der Waals surface area contributed by atoms with Crippen molar-refractivity contribution >= 4 is 28.3 Å². The zero-order chi connectivity index (χ0) is 28.0. The Labute approximate surface area is 242 Å². The molecule has 216 valence electrons. The van der Waals surface area contributed by atoms with Crippen LogP contribution in [0, 0.1) is 11.7 Å². The smallest absolute Gasteiger partial charge is 0.319 e. The molecule has 2 aromatic heterocycles. The van der Waals surface area contributed by atoms with Gasteiger partial charge >= 0.3 is 6.01 Å². The van der Waals surface area contributed by atoms with E-state index >= 15 is 4.39 Å². The summed E-state index contributed by atoms with van der Waals surface area (Å²) in [5, 5.41) is 14.8. The van der Waals surface area contributed by atoms with Crippen LogP contribution >= 0.6 is 11.6 Å². The van der Waals surface area contributed by atoms with Crippen molar-refractivity contribution in [3.8, 4) is 23.0 Å². The first-order valence-electron chi connectivity index (χ1n) is 14.7. The van der Waals surface area contributed by atoms with Gasteiger partial charge in [-0.2, -0.15) is 9.97 Å². The summed E-state index contributed by atoms with van der Waals surface area (Å²) < 4.78 is 37.2. The average molecular weight is 583 g/mol. The first kappa shape index (κ1) is 25.9. The molecule has 4 aliphatic heterocycles. The Balaban J connectivity index is 1.24. The fourth-order valence-corrected chi connectivity index (χ4v) is 8.22. The lowest BCUT2D eigenvalue weighted by Gasteiger charge is -2.32. The minimum absolute atomic E-state index is 0.0422. The highest BCUT2D eigenvalue weighted by molar-refractivity contribution is 6.32. The Hall–Kier alpha value is -2.82. The first-order chi connectivity index (χ1) is 19.8. The summed E-state index contributed by atoms with van der Waals surface area (Å²) in [4.78, 5) is 18.4. The van der Waals surface area contributed by atoms with Gasteiger partial charge in [0.2, 0.25) is 0 Å². The second-order valence-corrected chi connectivity index (χ2v) is 13.1. The molecule has 8 rings (SSSR count). The number of hydrogen-bond donors (Lipinski definition) is 2. The molecule has 1 aromatic carbocycles. The van der Waals surface area contributed by atoms with Crippen molar-refractivity contribution in [1.29, 1.82) is 0 Å². The maximum absolute atomic E-state index is 16.6. The van der Waals surface area contributed by atoms with Crippen LogP contribution in [0.4, 0.5) is 14.6 Å². The minimum Gasteiger partial charge on any atom is -0.508 e. The fourth-order valence-electron chi connectivity index (χ4n) is 7.86. The van der Waals surface area contributed by atoms with Gasteiger partial charge in [0.05, 0.1) is 10.9 Å². The Kier molecular flexibility index (Phi) is 5.89. The lowest BCUT2D eigenvalue weighted by Crippen LogP contribution is -2.44. The summed E-state index contributed by atoms with van der Waals surface area (Å²) in [6.07, 6.45) is 4.99. The van der Waals surface area contributed by atoms with Gasteiger partial charge in [-0.05, 0) is 61.8 Å². The predicted octanol–water partition coefficient (Wildman–Crippen LogP) is 4.82. The highest BCUT2D eigenvalue weighted by Gasteiger charge is 2.49. The van der Waals surface area contributed by atoms with E-state index in [1.165, 1.54) is 12.1 Å². The topological polar surface area (TPSA) is 86.6 Å². The van der Waals surface area contributed by atoms with Gasteiger partial charge in [0.1, 0.15) is 35.6 Å². The maximum Gasteiger partial charge on any atom is 0.319 e. The standard InChI is InChI=1S/C30H33ClF2N6O2/c1-15-5-20(15)24-21(7-19(40)8-23(24)31)26-25(33)27-22(11-35-26)28(39-13-17-6-18(39)10-34-17)37-29(36-27)41-14-30-3-2-4-38(30)12-16(32)9-30/h7-8,11,15-18,20,34,40H,2-6,9-10,12-14H2,1H3/t15-,16-,17-,18-,20-,30+/m1/s1. The van der Waals surface area contributed by atoms with Crippen molar-refractivity contribution in [2.24, 2.45) is 5.92 Å². The van der Waals surface area contributed by atoms with Gasteiger partial charge in [0.25, 0.3) is 0 Å². The number of piperazine rings is 1. The van der Waals surface area contributed by atoms with Crippen LogP contribution in [-0.4, -0.2) is 81.5 Å². The second kappa shape index (κ2) is 9.34. The monoisotopic (exact) mass is 582 g/mol. The van der Waals surface area contributed by atoms with Crippen molar-refractivity contribution in [2.75, 3.05) is 37.7 Å². The van der Waals surface area contributed by atoms with Crippen molar-refractivity contribution in [3.05, 3.63) is 34.7 Å². The number of pyridine rings is 1. The molecule has 0 radical (unpaired) electrons. The molecule has 5 aliphatic rings. The van der Waals surface area contributed by atoms with Gasteiger partial charge in [-0.3, -0.25) is 9.88 Å². The van der Waals surface area contributed by atoms with Gasteiger partial charge in [-0.25, -0.2) is 8.78 Å². The molecule has 5 fully saturated rings. The number of fused-ring (bicyclic) bond motifs is 4. The molecule has 8 nitrogen and oxygen atoms in total. The van der Waals surface area contributed by atoms with Gasteiger partial charge in [0.15, 0.2) is 5.82 Å². The number of ether oxygens (including phenoxy) is 1. The molecule has 3 aromatic rings. The molecule has 0 spiro atoms. The first-order valence-corrected chi connectivity index (χ1v) is 15.1. The summed E-state index contributed by atoms with van der Waals surface area (Å²) in [5.74, 6) is 0.570. The molecule has 2 bridgehead atoms. The molecule has 6 atom stereocenters. The zero-order valence-electron chi connectivity index (χ0n) is 22.9. The highest BCUT2D eigenvalue weighted by atomic mass is 35.5. The van der Waals surface area contributed by atoms with E-state index < -0.39 is 12.0 Å². The zero-order valence-corrected chi connectivity index (χ0v) is 23.7. The van der Waals surface area contributed by atoms with Crippen molar-refractivity contribution < 1.29 is 18.6 Å². The molecule has 0 unspecified atom stereocenters. The molecule has 4 saturated heterocycles. The number of rotatable bonds is 6. The molecule has 1 aliphatic carbocycles. The fraction of sp³-hybridized carbons (Fsp3) is 0.567. The number of phenolic OH excluding ortho intramolecular Hbond substituents is 1. The van der Waals surface area contributed by atoms with Gasteiger partial charge in [-0.1, -0.05) is 18.5 Å². The molecule has 0 amide bonds. The number of benzene rings is 1. The van der Waals surface area contributed by atoms with Crippen LogP contribution in [-0.2, 0) is 0 Å². The summed E-state index contributed by atoms with van der Waals surface area (Å²) in [6.45, 7) is 5.26. The van der Waals surface area contributed by atoms with Crippen LogP contribution in [0.1, 0.15) is 50.5 Å². The van der Waals surface area contributed by atoms with Crippen molar-refractivity contribution in [3.63, 3.8) is 0 Å². The van der Waals surface area contributed by atoms with E-state index in [9.17, 15) is 9.50 Å². The number of alkyl halides is 1.